The number of fused-ring (bicyclic) bond motifs is 1. The van der Waals surface area contributed by atoms with Crippen molar-refractivity contribution in [3.63, 3.8) is 0 Å². The van der Waals surface area contributed by atoms with Crippen molar-refractivity contribution in [3.8, 4) is 11.5 Å². The number of rotatable bonds is 6. The van der Waals surface area contributed by atoms with Crippen molar-refractivity contribution in [2.75, 3.05) is 25.5 Å². The summed E-state index contributed by atoms with van der Waals surface area (Å²) >= 11 is 1.63. The minimum atomic E-state index is -0.378. The number of nitrogens with two attached hydrogens (primary N) is 1. The van der Waals surface area contributed by atoms with E-state index in [-0.39, 0.29) is 11.4 Å². The molecule has 0 atom stereocenters. The second-order valence-corrected chi connectivity index (χ2v) is 7.19. The lowest BCUT2D eigenvalue weighted by Gasteiger charge is -2.18. The van der Waals surface area contributed by atoms with Crippen molar-refractivity contribution < 1.29 is 14.3 Å². The zero-order valence-corrected chi connectivity index (χ0v) is 14.0. The number of hydrogen-bond acceptors (Lipinski definition) is 5. The van der Waals surface area contributed by atoms with E-state index in [4.69, 9.17) is 15.2 Å². The number of carbonyl (C=O) groups is 1. The molecule has 0 spiro atoms. The van der Waals surface area contributed by atoms with Gasteiger partial charge in [0.05, 0.1) is 13.2 Å². The molecule has 22 heavy (non-hydrogen) atoms. The Morgan fingerprint density at radius 3 is 2.77 bits per heavy atom. The van der Waals surface area contributed by atoms with Crippen LogP contribution in [0.5, 0.6) is 11.5 Å². The Bertz CT molecular complexity index is 515. The topological polar surface area (TPSA) is 73.6 Å². The van der Waals surface area contributed by atoms with Gasteiger partial charge in [0.2, 0.25) is 5.91 Å². The lowest BCUT2D eigenvalue weighted by molar-refractivity contribution is -0.120. The number of benzene rings is 1. The van der Waals surface area contributed by atoms with Crippen molar-refractivity contribution in [1.29, 1.82) is 0 Å². The van der Waals surface area contributed by atoms with Gasteiger partial charge in [-0.05, 0) is 32.0 Å². The number of carbonyl (C=O) groups excluding carboxylic acids is 1. The summed E-state index contributed by atoms with van der Waals surface area (Å²) in [6, 6.07) is 5.91. The third-order valence-electron chi connectivity index (χ3n) is 3.06. The lowest BCUT2D eigenvalue weighted by atomic mass is 10.1. The molecule has 0 fully saturated rings. The number of thioether (sulfide) groups is 1. The van der Waals surface area contributed by atoms with E-state index in [1.54, 1.807) is 11.8 Å². The maximum atomic E-state index is 11.7. The zero-order valence-electron chi connectivity index (χ0n) is 13.2. The van der Waals surface area contributed by atoms with Gasteiger partial charge in [0.1, 0.15) is 0 Å². The summed E-state index contributed by atoms with van der Waals surface area (Å²) < 4.78 is 11.3. The fraction of sp³-hybridized carbons (Fsp3) is 0.562. The molecule has 0 unspecified atom stereocenters. The largest absolute Gasteiger partial charge is 0.490 e. The summed E-state index contributed by atoms with van der Waals surface area (Å²) in [6.07, 6.45) is 1.37. The van der Waals surface area contributed by atoms with E-state index in [1.165, 1.54) is 0 Å². The van der Waals surface area contributed by atoms with Crippen LogP contribution in [0.15, 0.2) is 23.1 Å². The minimum Gasteiger partial charge on any atom is -0.490 e. The van der Waals surface area contributed by atoms with Crippen molar-refractivity contribution in [1.82, 2.24) is 5.32 Å². The third kappa shape index (κ3) is 5.77. The first kappa shape index (κ1) is 17.0. The lowest BCUT2D eigenvalue weighted by Crippen LogP contribution is -2.45. The fourth-order valence-electron chi connectivity index (χ4n) is 1.91. The molecule has 1 aromatic carbocycles. The molecule has 0 bridgehead atoms. The molecular weight excluding hydrogens is 300 g/mol. The second-order valence-electron chi connectivity index (χ2n) is 6.02. The fourth-order valence-corrected chi connectivity index (χ4v) is 2.79. The van der Waals surface area contributed by atoms with Crippen molar-refractivity contribution in [2.45, 2.75) is 37.1 Å². The number of nitrogens with one attached hydrogen (secondary N) is 1. The van der Waals surface area contributed by atoms with Crippen LogP contribution in [0, 0.1) is 0 Å². The van der Waals surface area contributed by atoms with E-state index in [2.05, 4.69) is 5.32 Å². The van der Waals surface area contributed by atoms with Crippen molar-refractivity contribution >= 4 is 17.7 Å². The van der Waals surface area contributed by atoms with E-state index >= 15 is 0 Å². The Hall–Kier alpha value is -1.40. The first-order chi connectivity index (χ1) is 10.4. The molecule has 1 aliphatic rings. The average molecular weight is 324 g/mol. The number of hydrogen-bond donors (Lipinski definition) is 2. The maximum Gasteiger partial charge on any atom is 0.220 e. The summed E-state index contributed by atoms with van der Waals surface area (Å²) in [4.78, 5) is 12.8. The number of amides is 1. The van der Waals surface area contributed by atoms with Gasteiger partial charge in [-0.2, -0.15) is 0 Å². The Morgan fingerprint density at radius 1 is 1.32 bits per heavy atom. The molecule has 0 saturated heterocycles. The standard InChI is InChI=1S/C16H24N2O3S/c1-16(2,17)11-18-15(19)6-9-22-12-4-5-13-14(10-12)21-8-3-7-20-13/h4-5,10H,3,6-9,11,17H2,1-2H3,(H,18,19). The van der Waals surface area contributed by atoms with Gasteiger partial charge in [-0.3, -0.25) is 4.79 Å². The van der Waals surface area contributed by atoms with Gasteiger partial charge in [-0.1, -0.05) is 0 Å². The van der Waals surface area contributed by atoms with E-state index in [1.807, 2.05) is 32.0 Å². The van der Waals surface area contributed by atoms with Gasteiger partial charge in [0.25, 0.3) is 0 Å². The molecule has 122 valence electrons. The molecule has 1 aromatic rings. The molecule has 6 heteroatoms. The van der Waals surface area contributed by atoms with Crippen LogP contribution in [0.2, 0.25) is 0 Å². The van der Waals surface area contributed by atoms with E-state index in [0.29, 0.717) is 26.2 Å². The first-order valence-electron chi connectivity index (χ1n) is 7.52. The minimum absolute atomic E-state index is 0.0281. The van der Waals surface area contributed by atoms with Crippen LogP contribution >= 0.6 is 11.8 Å². The van der Waals surface area contributed by atoms with Gasteiger partial charge in [0, 0.05) is 35.6 Å². The van der Waals surface area contributed by atoms with Crippen molar-refractivity contribution in [2.24, 2.45) is 5.73 Å². The van der Waals surface area contributed by atoms with Crippen molar-refractivity contribution in [3.05, 3.63) is 18.2 Å². The first-order valence-corrected chi connectivity index (χ1v) is 8.51. The van der Waals surface area contributed by atoms with Gasteiger partial charge < -0.3 is 20.5 Å². The van der Waals surface area contributed by atoms with Gasteiger partial charge >= 0.3 is 0 Å². The molecule has 1 heterocycles. The molecular formula is C16H24N2O3S. The monoisotopic (exact) mass is 324 g/mol. The van der Waals surface area contributed by atoms with Crippen LogP contribution in [0.4, 0.5) is 0 Å². The van der Waals surface area contributed by atoms with E-state index in [9.17, 15) is 4.79 Å². The summed E-state index contributed by atoms with van der Waals surface area (Å²) in [5.41, 5.74) is 5.46. The van der Waals surface area contributed by atoms with Gasteiger partial charge in [-0.25, -0.2) is 0 Å². The quantitative estimate of drug-likeness (QED) is 0.785. The third-order valence-corrected chi connectivity index (χ3v) is 4.05. The second kappa shape index (κ2) is 7.74. The van der Waals surface area contributed by atoms with Crippen LogP contribution in [0.3, 0.4) is 0 Å². The molecule has 1 amide bonds. The van der Waals surface area contributed by atoms with Crippen LogP contribution in [-0.4, -0.2) is 37.0 Å². The highest BCUT2D eigenvalue weighted by atomic mass is 32.2. The molecule has 3 N–H and O–H groups in total. The molecule has 0 aliphatic carbocycles. The molecule has 2 rings (SSSR count). The van der Waals surface area contributed by atoms with E-state index in [0.717, 1.165) is 28.6 Å². The Balaban J connectivity index is 1.77. The number of ether oxygens (including phenoxy) is 2. The van der Waals surface area contributed by atoms with Crippen LogP contribution in [0.25, 0.3) is 0 Å². The Labute approximate surface area is 135 Å². The normalized spacial score (nSPS) is 14.3. The smallest absolute Gasteiger partial charge is 0.220 e. The van der Waals surface area contributed by atoms with Gasteiger partial charge in [-0.15, -0.1) is 11.8 Å². The average Bonchev–Trinajstić information content (AvgIpc) is 2.69. The molecule has 0 radical (unpaired) electrons. The summed E-state index contributed by atoms with van der Waals surface area (Å²) in [5, 5.41) is 2.85. The Morgan fingerprint density at radius 2 is 2.05 bits per heavy atom. The summed E-state index contributed by atoms with van der Waals surface area (Å²) in [6.45, 7) is 5.63. The van der Waals surface area contributed by atoms with Gasteiger partial charge in [0.15, 0.2) is 11.5 Å². The molecule has 0 aromatic heterocycles. The summed E-state index contributed by atoms with van der Waals surface area (Å²) in [7, 11) is 0. The molecule has 1 aliphatic heterocycles. The maximum absolute atomic E-state index is 11.7. The highest BCUT2D eigenvalue weighted by Crippen LogP contribution is 2.33. The highest BCUT2D eigenvalue weighted by molar-refractivity contribution is 7.99. The van der Waals surface area contributed by atoms with Crippen LogP contribution in [0.1, 0.15) is 26.7 Å². The van der Waals surface area contributed by atoms with Crippen LogP contribution in [-0.2, 0) is 4.79 Å². The zero-order chi connectivity index (χ0) is 16.0. The predicted molar refractivity (Wildman–Crippen MR) is 88.7 cm³/mol. The van der Waals surface area contributed by atoms with Crippen LogP contribution < -0.4 is 20.5 Å². The highest BCUT2D eigenvalue weighted by Gasteiger charge is 2.13. The SMILES string of the molecule is CC(C)(N)CNC(=O)CCSc1ccc2c(c1)OCCCO2. The molecule has 5 nitrogen and oxygen atoms in total. The van der Waals surface area contributed by atoms with E-state index < -0.39 is 0 Å². The summed E-state index contributed by atoms with van der Waals surface area (Å²) in [5.74, 6) is 2.33. The Kier molecular flexibility index (Phi) is 5.97. The molecule has 0 saturated carbocycles. The predicted octanol–water partition coefficient (Wildman–Crippen LogP) is 2.18.